The van der Waals surface area contributed by atoms with Crippen molar-refractivity contribution in [3.63, 3.8) is 0 Å². The molecule has 22 heavy (non-hydrogen) atoms. The summed E-state index contributed by atoms with van der Waals surface area (Å²) in [7, 11) is 1.78. The van der Waals surface area contributed by atoms with Gasteiger partial charge in [-0.1, -0.05) is 12.1 Å². The predicted octanol–water partition coefficient (Wildman–Crippen LogP) is 3.38. The molecule has 1 heterocycles. The van der Waals surface area contributed by atoms with E-state index in [0.717, 1.165) is 16.3 Å². The number of rotatable bonds is 4. The second-order valence-electron chi connectivity index (χ2n) is 4.88. The normalized spacial score (nSPS) is 11.1. The Kier molecular flexibility index (Phi) is 8.63. The van der Waals surface area contributed by atoms with E-state index in [9.17, 15) is 4.79 Å². The molecule has 0 aliphatic rings. The third kappa shape index (κ3) is 4.68. The smallest absolute Gasteiger partial charge is 0.253 e. The topological polar surface area (TPSA) is 59.2 Å². The quantitative estimate of drug-likeness (QED) is 0.907. The number of aryl methyl sites for hydroxylation is 1. The summed E-state index contributed by atoms with van der Waals surface area (Å²) < 4.78 is 0. The van der Waals surface area contributed by atoms with Crippen LogP contribution in [0.4, 0.5) is 0 Å². The Morgan fingerprint density at radius 3 is 2.64 bits per heavy atom. The zero-order valence-corrected chi connectivity index (χ0v) is 15.2. The van der Waals surface area contributed by atoms with Crippen LogP contribution in [0.2, 0.25) is 0 Å². The average Bonchev–Trinajstić information content (AvgIpc) is 2.91. The van der Waals surface area contributed by atoms with Crippen molar-refractivity contribution >= 4 is 42.1 Å². The summed E-state index contributed by atoms with van der Waals surface area (Å²) in [6, 6.07) is 7.60. The number of halogens is 2. The molecule has 7 heteroatoms. The van der Waals surface area contributed by atoms with E-state index in [1.165, 1.54) is 0 Å². The van der Waals surface area contributed by atoms with Gasteiger partial charge >= 0.3 is 0 Å². The first-order chi connectivity index (χ1) is 9.52. The Labute approximate surface area is 147 Å². The second-order valence-corrected chi connectivity index (χ2v) is 5.73. The Hall–Kier alpha value is -1.14. The molecule has 1 aromatic carbocycles. The summed E-state index contributed by atoms with van der Waals surface area (Å²) in [6.07, 6.45) is 0. The van der Waals surface area contributed by atoms with E-state index >= 15 is 0 Å². The van der Waals surface area contributed by atoms with Gasteiger partial charge in [-0.2, -0.15) is 0 Å². The number of nitrogens with zero attached hydrogens (tertiary/aromatic N) is 2. The Morgan fingerprint density at radius 1 is 1.41 bits per heavy atom. The van der Waals surface area contributed by atoms with Crippen molar-refractivity contribution in [1.82, 2.24) is 9.88 Å². The molecule has 2 aromatic rings. The van der Waals surface area contributed by atoms with E-state index in [2.05, 4.69) is 4.98 Å². The number of nitrogens with two attached hydrogens (primary N) is 1. The fourth-order valence-corrected chi connectivity index (χ4v) is 2.63. The minimum absolute atomic E-state index is 0. The van der Waals surface area contributed by atoms with E-state index in [1.807, 2.05) is 43.5 Å². The Bertz CT molecular complexity index is 618. The van der Waals surface area contributed by atoms with Gasteiger partial charge in [-0.15, -0.1) is 36.2 Å². The van der Waals surface area contributed by atoms with E-state index in [1.54, 1.807) is 23.3 Å². The maximum absolute atomic E-state index is 12.4. The number of carbonyl (C=O) groups excluding carboxylic acids is 1. The lowest BCUT2D eigenvalue weighted by atomic mass is 10.1. The molecule has 2 rings (SSSR count). The molecule has 0 aliphatic carbocycles. The zero-order chi connectivity index (χ0) is 14.7. The fraction of sp³-hybridized carbons (Fsp3) is 0.333. The summed E-state index contributed by atoms with van der Waals surface area (Å²) in [5.74, 6) is -0.0157. The second kappa shape index (κ2) is 9.10. The molecule has 1 unspecified atom stereocenters. The monoisotopic (exact) mass is 361 g/mol. The highest BCUT2D eigenvalue weighted by molar-refractivity contribution is 7.13. The predicted molar refractivity (Wildman–Crippen MR) is 97.4 cm³/mol. The Balaban J connectivity index is 0.00000220. The molecule has 0 aliphatic heterocycles. The van der Waals surface area contributed by atoms with Crippen LogP contribution in [-0.4, -0.2) is 35.4 Å². The number of hydrogen-bond donors (Lipinski definition) is 1. The first-order valence-corrected chi connectivity index (χ1v) is 7.40. The average molecular weight is 362 g/mol. The van der Waals surface area contributed by atoms with Gasteiger partial charge in [0.1, 0.15) is 5.01 Å². The van der Waals surface area contributed by atoms with Gasteiger partial charge in [-0.3, -0.25) is 4.79 Å². The SMILES string of the molecule is Cc1csc(-c2cccc(C(=O)N(C)C(C)CN)c2)n1.Cl.Cl. The summed E-state index contributed by atoms with van der Waals surface area (Å²) >= 11 is 1.59. The Morgan fingerprint density at radius 2 is 2.09 bits per heavy atom. The molecule has 1 atom stereocenters. The standard InChI is InChI=1S/C15H19N3OS.2ClH/c1-10-9-20-14(17-10)12-5-4-6-13(7-12)15(19)18(3)11(2)8-16;;/h4-7,9,11H,8,16H2,1-3H3;2*1H. The summed E-state index contributed by atoms with van der Waals surface area (Å²) in [5.41, 5.74) is 8.25. The number of amides is 1. The van der Waals surface area contributed by atoms with Gasteiger partial charge in [0.2, 0.25) is 0 Å². The lowest BCUT2D eigenvalue weighted by molar-refractivity contribution is 0.0748. The fourth-order valence-electron chi connectivity index (χ4n) is 1.83. The van der Waals surface area contributed by atoms with Crippen molar-refractivity contribution in [2.75, 3.05) is 13.6 Å². The molecule has 0 bridgehead atoms. The van der Waals surface area contributed by atoms with E-state index in [0.29, 0.717) is 12.1 Å². The van der Waals surface area contributed by atoms with Crippen LogP contribution in [0.25, 0.3) is 10.6 Å². The van der Waals surface area contributed by atoms with Crippen LogP contribution in [0.5, 0.6) is 0 Å². The molecular formula is C15H21Cl2N3OS. The highest BCUT2D eigenvalue weighted by Crippen LogP contribution is 2.24. The molecule has 122 valence electrons. The number of aromatic nitrogens is 1. The lowest BCUT2D eigenvalue weighted by Gasteiger charge is -2.23. The van der Waals surface area contributed by atoms with Gasteiger partial charge in [-0.05, 0) is 26.0 Å². The minimum Gasteiger partial charge on any atom is -0.338 e. The molecule has 1 amide bonds. The molecule has 2 N–H and O–H groups in total. The minimum atomic E-state index is -0.0157. The van der Waals surface area contributed by atoms with E-state index < -0.39 is 0 Å². The van der Waals surface area contributed by atoms with Crippen molar-refractivity contribution in [3.8, 4) is 10.6 Å². The van der Waals surface area contributed by atoms with Gasteiger partial charge in [-0.25, -0.2) is 4.98 Å². The lowest BCUT2D eigenvalue weighted by Crippen LogP contribution is -2.39. The van der Waals surface area contributed by atoms with Crippen molar-refractivity contribution in [3.05, 3.63) is 40.9 Å². The largest absolute Gasteiger partial charge is 0.338 e. The summed E-state index contributed by atoms with van der Waals surface area (Å²) in [5, 5.41) is 2.94. The molecule has 4 nitrogen and oxygen atoms in total. The maximum Gasteiger partial charge on any atom is 0.253 e. The van der Waals surface area contributed by atoms with Crippen molar-refractivity contribution in [2.24, 2.45) is 5.73 Å². The van der Waals surface area contributed by atoms with Crippen LogP contribution in [0.15, 0.2) is 29.6 Å². The van der Waals surface area contributed by atoms with Gasteiger partial charge in [0.25, 0.3) is 5.91 Å². The molecule has 1 aromatic heterocycles. The highest BCUT2D eigenvalue weighted by atomic mass is 35.5. The van der Waals surface area contributed by atoms with Gasteiger partial charge in [0.15, 0.2) is 0 Å². The zero-order valence-electron chi connectivity index (χ0n) is 12.8. The van der Waals surface area contributed by atoms with Crippen LogP contribution in [0.3, 0.4) is 0 Å². The van der Waals surface area contributed by atoms with Crippen molar-refractivity contribution in [1.29, 1.82) is 0 Å². The number of carbonyl (C=O) groups is 1. The van der Waals surface area contributed by atoms with Gasteiger partial charge in [0.05, 0.1) is 0 Å². The number of thiazole rings is 1. The number of hydrogen-bond acceptors (Lipinski definition) is 4. The molecular weight excluding hydrogens is 341 g/mol. The summed E-state index contributed by atoms with van der Waals surface area (Å²) in [4.78, 5) is 18.5. The molecule has 0 saturated carbocycles. The first kappa shape index (κ1) is 20.9. The summed E-state index contributed by atoms with van der Waals surface area (Å²) in [6.45, 7) is 4.35. The molecule has 0 fully saturated rings. The van der Waals surface area contributed by atoms with E-state index in [-0.39, 0.29) is 36.8 Å². The van der Waals surface area contributed by atoms with Crippen molar-refractivity contribution < 1.29 is 4.79 Å². The van der Waals surface area contributed by atoms with Gasteiger partial charge < -0.3 is 10.6 Å². The van der Waals surface area contributed by atoms with Crippen molar-refractivity contribution in [2.45, 2.75) is 19.9 Å². The van der Waals surface area contributed by atoms with Crippen LogP contribution in [0, 0.1) is 6.92 Å². The third-order valence-corrected chi connectivity index (χ3v) is 4.31. The maximum atomic E-state index is 12.4. The van der Waals surface area contributed by atoms with Crippen LogP contribution >= 0.6 is 36.2 Å². The van der Waals surface area contributed by atoms with Crippen LogP contribution in [-0.2, 0) is 0 Å². The molecule has 0 radical (unpaired) electrons. The highest BCUT2D eigenvalue weighted by Gasteiger charge is 2.17. The third-order valence-electron chi connectivity index (χ3n) is 3.30. The van der Waals surface area contributed by atoms with Gasteiger partial charge in [0, 0.05) is 41.8 Å². The van der Waals surface area contributed by atoms with Crippen LogP contribution in [0.1, 0.15) is 23.0 Å². The number of likely N-dealkylation sites (N-methyl/N-ethyl adjacent to an activating group) is 1. The number of benzene rings is 1. The van der Waals surface area contributed by atoms with E-state index in [4.69, 9.17) is 5.73 Å². The van der Waals surface area contributed by atoms with Crippen LogP contribution < -0.4 is 5.73 Å². The first-order valence-electron chi connectivity index (χ1n) is 6.52. The molecule has 0 saturated heterocycles. The molecule has 0 spiro atoms.